The lowest BCUT2D eigenvalue weighted by atomic mass is 10.1. The Morgan fingerprint density at radius 3 is 2.39 bits per heavy atom. The fourth-order valence-corrected chi connectivity index (χ4v) is 3.11. The fourth-order valence-electron chi connectivity index (χ4n) is 3.11. The summed E-state index contributed by atoms with van der Waals surface area (Å²) in [5.74, 6) is 0.454. The maximum absolute atomic E-state index is 11.5. The predicted molar refractivity (Wildman–Crippen MR) is 124 cm³/mol. The highest BCUT2D eigenvalue weighted by molar-refractivity contribution is 6.29. The van der Waals surface area contributed by atoms with E-state index in [4.69, 9.17) is 9.47 Å². The number of carbonyl (C=O) groups is 3. The van der Waals surface area contributed by atoms with Crippen molar-refractivity contribution in [2.75, 3.05) is 19.0 Å². The van der Waals surface area contributed by atoms with Crippen molar-refractivity contribution < 1.29 is 28.6 Å². The van der Waals surface area contributed by atoms with Gasteiger partial charge in [0.1, 0.15) is 17.2 Å². The number of amides is 1. The number of carbonyl (C=O) groups excluding carboxylic acids is 3. The van der Waals surface area contributed by atoms with Gasteiger partial charge < -0.3 is 19.5 Å². The van der Waals surface area contributed by atoms with Crippen LogP contribution in [0, 0.1) is 0 Å². The van der Waals surface area contributed by atoms with Crippen molar-refractivity contribution in [3.8, 4) is 28.4 Å². The van der Waals surface area contributed by atoms with Gasteiger partial charge in [0.05, 0.1) is 19.4 Å². The maximum Gasteiger partial charge on any atom is 0.305 e. The summed E-state index contributed by atoms with van der Waals surface area (Å²) in [6.07, 6.45) is 1.71. The molecule has 0 aliphatic heterocycles. The highest BCUT2D eigenvalue weighted by Crippen LogP contribution is 2.33. The van der Waals surface area contributed by atoms with Gasteiger partial charge in [-0.1, -0.05) is 42.5 Å². The third kappa shape index (κ3) is 7.21. The zero-order valence-corrected chi connectivity index (χ0v) is 18.3. The average Bonchev–Trinajstić information content (AvgIpc) is 2.85. The number of hydrogen-bond donors (Lipinski definition) is 1. The Labute approximate surface area is 192 Å². The van der Waals surface area contributed by atoms with E-state index in [-0.39, 0.29) is 12.3 Å². The molecule has 170 valence electrons. The van der Waals surface area contributed by atoms with E-state index in [1.165, 1.54) is 7.11 Å². The van der Waals surface area contributed by atoms with Gasteiger partial charge in [-0.15, -0.1) is 0 Å². The standard InChI is InChI=1S/C26H25NO6/c1-31-26(30)12-5-6-15-32-24-17-22(13-14-23(24)27-25(29)18-28)33-21-11-7-10-20(16-21)19-8-3-2-4-9-19/h2-4,7-11,13-14,16-18H,5-6,12,15H2,1H3,(H,27,29). The Kier molecular flexibility index (Phi) is 8.59. The molecule has 0 fully saturated rings. The molecule has 0 saturated carbocycles. The molecule has 0 aromatic heterocycles. The summed E-state index contributed by atoms with van der Waals surface area (Å²) in [6, 6.07) is 22.6. The lowest BCUT2D eigenvalue weighted by Gasteiger charge is -2.14. The van der Waals surface area contributed by atoms with Gasteiger partial charge in [-0.05, 0) is 48.2 Å². The molecule has 0 heterocycles. The zero-order chi connectivity index (χ0) is 23.5. The highest BCUT2D eigenvalue weighted by atomic mass is 16.5. The molecule has 3 aromatic rings. The Morgan fingerprint density at radius 2 is 1.64 bits per heavy atom. The van der Waals surface area contributed by atoms with Crippen LogP contribution in [0.15, 0.2) is 72.8 Å². The molecule has 0 atom stereocenters. The van der Waals surface area contributed by atoms with E-state index in [1.54, 1.807) is 18.2 Å². The lowest BCUT2D eigenvalue weighted by Crippen LogP contribution is -2.13. The highest BCUT2D eigenvalue weighted by Gasteiger charge is 2.11. The first-order chi connectivity index (χ1) is 16.1. The first-order valence-electron chi connectivity index (χ1n) is 10.5. The molecule has 0 aliphatic rings. The van der Waals surface area contributed by atoms with Gasteiger partial charge in [-0.3, -0.25) is 14.4 Å². The normalized spacial score (nSPS) is 10.2. The second kappa shape index (κ2) is 12.0. The number of ether oxygens (including phenoxy) is 3. The van der Waals surface area contributed by atoms with Crippen molar-refractivity contribution in [3.05, 3.63) is 72.8 Å². The summed E-state index contributed by atoms with van der Waals surface area (Å²) in [7, 11) is 1.35. The topological polar surface area (TPSA) is 90.9 Å². The van der Waals surface area contributed by atoms with Crippen LogP contribution in [0.4, 0.5) is 5.69 Å². The fraction of sp³-hybridized carbons (Fsp3) is 0.192. The number of esters is 1. The Hall–Kier alpha value is -4.13. The minimum absolute atomic E-state index is 0.194. The second-order valence-electron chi connectivity index (χ2n) is 7.14. The Morgan fingerprint density at radius 1 is 0.879 bits per heavy atom. The van der Waals surface area contributed by atoms with Crippen molar-refractivity contribution in [3.63, 3.8) is 0 Å². The van der Waals surface area contributed by atoms with Gasteiger partial charge in [0.2, 0.25) is 6.29 Å². The van der Waals surface area contributed by atoms with E-state index in [0.717, 1.165) is 11.1 Å². The summed E-state index contributed by atoms with van der Waals surface area (Å²) >= 11 is 0. The molecule has 3 aromatic carbocycles. The number of nitrogens with one attached hydrogen (secondary N) is 1. The molecule has 7 nitrogen and oxygen atoms in total. The quantitative estimate of drug-likeness (QED) is 0.192. The summed E-state index contributed by atoms with van der Waals surface area (Å²) in [6.45, 7) is 0.313. The first-order valence-corrected chi connectivity index (χ1v) is 10.5. The molecule has 0 bridgehead atoms. The summed E-state index contributed by atoms with van der Waals surface area (Å²) in [4.78, 5) is 33.5. The van der Waals surface area contributed by atoms with Crippen LogP contribution in [0.5, 0.6) is 17.2 Å². The molecular formula is C26H25NO6. The molecular weight excluding hydrogens is 422 g/mol. The summed E-state index contributed by atoms with van der Waals surface area (Å²) < 4.78 is 16.4. The number of unbranched alkanes of at least 4 members (excludes halogenated alkanes) is 1. The first kappa shape index (κ1) is 23.5. The minimum Gasteiger partial charge on any atom is -0.491 e. The maximum atomic E-state index is 11.5. The van der Waals surface area contributed by atoms with Crippen molar-refractivity contribution >= 4 is 23.9 Å². The van der Waals surface area contributed by atoms with Crippen LogP contribution in [-0.2, 0) is 19.1 Å². The third-order valence-electron chi connectivity index (χ3n) is 4.76. The van der Waals surface area contributed by atoms with Gasteiger partial charge in [0.25, 0.3) is 5.91 Å². The smallest absolute Gasteiger partial charge is 0.305 e. The van der Waals surface area contributed by atoms with Gasteiger partial charge in [-0.25, -0.2) is 0 Å². The molecule has 1 amide bonds. The number of methoxy groups -OCH3 is 1. The molecule has 1 N–H and O–H groups in total. The number of aldehydes is 1. The monoisotopic (exact) mass is 447 g/mol. The van der Waals surface area contributed by atoms with E-state index >= 15 is 0 Å². The molecule has 0 saturated heterocycles. The molecule has 7 heteroatoms. The van der Waals surface area contributed by atoms with Gasteiger partial charge in [0.15, 0.2) is 0 Å². The average molecular weight is 447 g/mol. The number of benzene rings is 3. The van der Waals surface area contributed by atoms with Crippen LogP contribution in [0.25, 0.3) is 11.1 Å². The van der Waals surface area contributed by atoms with Crippen molar-refractivity contribution in [2.45, 2.75) is 19.3 Å². The molecule has 0 spiro atoms. The molecule has 33 heavy (non-hydrogen) atoms. The molecule has 0 aliphatic carbocycles. The number of hydrogen-bond acceptors (Lipinski definition) is 6. The van der Waals surface area contributed by atoms with Crippen LogP contribution in [-0.4, -0.2) is 31.9 Å². The van der Waals surface area contributed by atoms with E-state index in [0.29, 0.717) is 48.8 Å². The predicted octanol–water partition coefficient (Wildman–Crippen LogP) is 5.01. The van der Waals surface area contributed by atoms with Crippen molar-refractivity contribution in [1.82, 2.24) is 0 Å². The summed E-state index contributed by atoms with van der Waals surface area (Å²) in [5.41, 5.74) is 2.45. The van der Waals surface area contributed by atoms with E-state index < -0.39 is 5.91 Å². The zero-order valence-electron chi connectivity index (χ0n) is 18.3. The number of rotatable bonds is 11. The lowest BCUT2D eigenvalue weighted by molar-refractivity contribution is -0.140. The van der Waals surface area contributed by atoms with Crippen molar-refractivity contribution in [2.24, 2.45) is 0 Å². The molecule has 0 unspecified atom stereocenters. The SMILES string of the molecule is COC(=O)CCCCOc1cc(Oc2cccc(-c3ccccc3)c2)ccc1NC(=O)C=O. The van der Waals surface area contributed by atoms with E-state index in [9.17, 15) is 14.4 Å². The number of anilines is 1. The third-order valence-corrected chi connectivity index (χ3v) is 4.76. The van der Waals surface area contributed by atoms with E-state index in [2.05, 4.69) is 10.1 Å². The second-order valence-corrected chi connectivity index (χ2v) is 7.14. The van der Waals surface area contributed by atoms with Crippen LogP contribution < -0.4 is 14.8 Å². The summed E-state index contributed by atoms with van der Waals surface area (Å²) in [5, 5.41) is 2.49. The molecule has 3 rings (SSSR count). The largest absolute Gasteiger partial charge is 0.491 e. The van der Waals surface area contributed by atoms with Crippen LogP contribution in [0.3, 0.4) is 0 Å². The van der Waals surface area contributed by atoms with Crippen LogP contribution in [0.1, 0.15) is 19.3 Å². The van der Waals surface area contributed by atoms with E-state index in [1.807, 2.05) is 54.6 Å². The van der Waals surface area contributed by atoms with Gasteiger partial charge in [-0.2, -0.15) is 0 Å². The Bertz CT molecular complexity index is 1100. The van der Waals surface area contributed by atoms with Crippen molar-refractivity contribution in [1.29, 1.82) is 0 Å². The van der Waals surface area contributed by atoms with Gasteiger partial charge in [0, 0.05) is 12.5 Å². The molecule has 0 radical (unpaired) electrons. The Balaban J connectivity index is 1.73. The van der Waals surface area contributed by atoms with Crippen LogP contribution in [0.2, 0.25) is 0 Å². The minimum atomic E-state index is -0.783. The van der Waals surface area contributed by atoms with Crippen LogP contribution >= 0.6 is 0 Å². The van der Waals surface area contributed by atoms with Gasteiger partial charge >= 0.3 is 5.97 Å².